The van der Waals surface area contributed by atoms with E-state index >= 15 is 0 Å². The van der Waals surface area contributed by atoms with E-state index in [1.165, 1.54) is 0 Å². The van der Waals surface area contributed by atoms with Crippen LogP contribution in [0.15, 0.2) is 30.3 Å². The molecule has 0 spiro atoms. The number of rotatable bonds is 11. The van der Waals surface area contributed by atoms with E-state index in [0.29, 0.717) is 23.5 Å². The van der Waals surface area contributed by atoms with Gasteiger partial charge in [0.2, 0.25) is 7.37 Å². The molecule has 0 bridgehead atoms. The van der Waals surface area contributed by atoms with Crippen molar-refractivity contribution in [3.8, 4) is 0 Å². The van der Waals surface area contributed by atoms with Crippen LogP contribution in [-0.4, -0.2) is 50.1 Å². The van der Waals surface area contributed by atoms with Gasteiger partial charge in [0.25, 0.3) is 5.91 Å². The summed E-state index contributed by atoms with van der Waals surface area (Å²) in [5.74, 6) is -1.94. The summed E-state index contributed by atoms with van der Waals surface area (Å²) in [5, 5.41) is 21.4. The number of carbonyl (C=O) groups is 2. The minimum Gasteiger partial charge on any atom is -0.481 e. The number of nitrogens with one attached hydrogen (secondary N) is 1. The number of hydroxylamine groups is 2. The SMILES string of the molecule is CCCP(=O)(O)C(C)(CC)NCC(=O)N(O)C(CC(=O)O)c1ccccc1. The molecule has 9 heteroatoms. The maximum Gasteiger partial charge on any atom is 0.305 e. The van der Waals surface area contributed by atoms with Crippen molar-refractivity contribution in [3.05, 3.63) is 35.9 Å². The van der Waals surface area contributed by atoms with Gasteiger partial charge in [0.05, 0.1) is 24.3 Å². The Morgan fingerprint density at radius 2 is 1.85 bits per heavy atom. The fourth-order valence-electron chi connectivity index (χ4n) is 2.75. The molecule has 1 aromatic carbocycles. The third-order valence-electron chi connectivity index (χ3n) is 4.71. The summed E-state index contributed by atoms with van der Waals surface area (Å²) < 4.78 is 12.6. The number of nitrogens with zero attached hydrogens (tertiary/aromatic N) is 1. The number of carbonyl (C=O) groups excluding carboxylic acids is 1. The van der Waals surface area contributed by atoms with Crippen LogP contribution in [0.4, 0.5) is 0 Å². The van der Waals surface area contributed by atoms with Crippen LogP contribution in [0, 0.1) is 0 Å². The Balaban J connectivity index is 2.92. The van der Waals surface area contributed by atoms with Crippen molar-refractivity contribution in [2.45, 2.75) is 51.4 Å². The summed E-state index contributed by atoms with van der Waals surface area (Å²) in [5.41, 5.74) is 0.479. The highest BCUT2D eigenvalue weighted by atomic mass is 31.2. The van der Waals surface area contributed by atoms with E-state index in [1.807, 2.05) is 0 Å². The van der Waals surface area contributed by atoms with E-state index in [2.05, 4.69) is 5.32 Å². The quantitative estimate of drug-likeness (QED) is 0.255. The Morgan fingerprint density at radius 1 is 1.26 bits per heavy atom. The van der Waals surface area contributed by atoms with Gasteiger partial charge in [-0.25, -0.2) is 5.06 Å². The number of amides is 1. The van der Waals surface area contributed by atoms with Crippen molar-refractivity contribution < 1.29 is 29.4 Å². The van der Waals surface area contributed by atoms with Crippen molar-refractivity contribution in [2.24, 2.45) is 0 Å². The molecule has 1 rings (SSSR count). The molecule has 1 amide bonds. The minimum absolute atomic E-state index is 0.118. The second-order valence-electron chi connectivity index (χ2n) is 6.67. The van der Waals surface area contributed by atoms with Gasteiger partial charge < -0.3 is 10.00 Å². The molecule has 4 N–H and O–H groups in total. The zero-order valence-electron chi connectivity index (χ0n) is 16.0. The van der Waals surface area contributed by atoms with Crippen LogP contribution in [0.3, 0.4) is 0 Å². The lowest BCUT2D eigenvalue weighted by Gasteiger charge is -2.35. The monoisotopic (exact) mass is 400 g/mol. The van der Waals surface area contributed by atoms with Gasteiger partial charge in [-0.1, -0.05) is 44.2 Å². The van der Waals surface area contributed by atoms with Crippen molar-refractivity contribution in [2.75, 3.05) is 12.7 Å². The molecule has 152 valence electrons. The highest BCUT2D eigenvalue weighted by Crippen LogP contribution is 2.54. The Hall–Kier alpha value is -1.73. The van der Waals surface area contributed by atoms with E-state index in [-0.39, 0.29) is 6.16 Å². The van der Waals surface area contributed by atoms with Gasteiger partial charge in [-0.2, -0.15) is 0 Å². The summed E-state index contributed by atoms with van der Waals surface area (Å²) >= 11 is 0. The average Bonchev–Trinajstić information content (AvgIpc) is 2.63. The zero-order valence-corrected chi connectivity index (χ0v) is 16.9. The van der Waals surface area contributed by atoms with E-state index in [1.54, 1.807) is 51.1 Å². The standard InChI is InChI=1S/C18H29N2O6P/c1-4-11-27(25,26)18(3,5-2)19-13-16(21)20(24)15(12-17(22)23)14-9-7-6-8-10-14/h6-10,15,19,24H,4-5,11-13H2,1-3H3,(H,22,23)(H,25,26). The van der Waals surface area contributed by atoms with Crippen LogP contribution in [0.1, 0.15) is 51.6 Å². The Bertz CT molecular complexity index is 684. The molecule has 0 radical (unpaired) electrons. The molecule has 1 aromatic rings. The smallest absolute Gasteiger partial charge is 0.305 e. The van der Waals surface area contributed by atoms with Crippen molar-refractivity contribution in [3.63, 3.8) is 0 Å². The van der Waals surface area contributed by atoms with Gasteiger partial charge >= 0.3 is 5.97 Å². The van der Waals surface area contributed by atoms with E-state index in [0.717, 1.165) is 0 Å². The second-order valence-corrected chi connectivity index (χ2v) is 9.51. The molecule has 0 saturated heterocycles. The predicted octanol–water partition coefficient (Wildman–Crippen LogP) is 2.82. The van der Waals surface area contributed by atoms with Crippen LogP contribution < -0.4 is 5.32 Å². The number of aliphatic carboxylic acids is 1. The minimum atomic E-state index is -3.56. The molecule has 0 saturated carbocycles. The molecule has 0 aliphatic heterocycles. The van der Waals surface area contributed by atoms with E-state index in [4.69, 9.17) is 5.11 Å². The van der Waals surface area contributed by atoms with Gasteiger partial charge in [0, 0.05) is 6.16 Å². The van der Waals surface area contributed by atoms with Crippen LogP contribution in [0.5, 0.6) is 0 Å². The van der Waals surface area contributed by atoms with Crippen LogP contribution in [-0.2, 0) is 14.2 Å². The topological polar surface area (TPSA) is 127 Å². The summed E-state index contributed by atoms with van der Waals surface area (Å²) in [6, 6.07) is 7.30. The molecule has 8 nitrogen and oxygen atoms in total. The van der Waals surface area contributed by atoms with Crippen LogP contribution in [0.25, 0.3) is 0 Å². The van der Waals surface area contributed by atoms with Crippen LogP contribution >= 0.6 is 7.37 Å². The molecule has 0 aliphatic rings. The van der Waals surface area contributed by atoms with Gasteiger partial charge in [0.1, 0.15) is 0 Å². The second kappa shape index (κ2) is 9.99. The summed E-state index contributed by atoms with van der Waals surface area (Å²) in [6.07, 6.45) is 0.495. The molecule has 0 aromatic heterocycles. The highest BCUT2D eigenvalue weighted by molar-refractivity contribution is 7.59. The Labute approximate surface area is 159 Å². The third-order valence-corrected chi connectivity index (χ3v) is 7.78. The first-order chi connectivity index (χ1) is 12.6. The number of benzene rings is 1. The van der Waals surface area contributed by atoms with Crippen molar-refractivity contribution in [1.29, 1.82) is 0 Å². The summed E-state index contributed by atoms with van der Waals surface area (Å²) in [6.45, 7) is 4.72. The first-order valence-electron chi connectivity index (χ1n) is 8.92. The van der Waals surface area contributed by atoms with Crippen LogP contribution in [0.2, 0.25) is 0 Å². The molecule has 3 atom stereocenters. The molecule has 0 fully saturated rings. The molecule has 3 unspecified atom stereocenters. The zero-order chi connectivity index (χ0) is 20.7. The number of carboxylic acid groups (broad SMARTS) is 1. The van der Waals surface area contributed by atoms with Gasteiger partial charge in [-0.05, 0) is 25.3 Å². The van der Waals surface area contributed by atoms with E-state index in [9.17, 15) is 24.3 Å². The summed E-state index contributed by atoms with van der Waals surface area (Å²) in [4.78, 5) is 33.9. The number of hydrogen-bond acceptors (Lipinski definition) is 5. The first-order valence-corrected chi connectivity index (χ1v) is 10.8. The molecule has 0 aliphatic carbocycles. The molecular formula is C18H29N2O6P. The van der Waals surface area contributed by atoms with Gasteiger partial charge in [0.15, 0.2) is 0 Å². The van der Waals surface area contributed by atoms with Crippen molar-refractivity contribution >= 4 is 19.2 Å². The first kappa shape index (κ1) is 23.3. The molecule has 27 heavy (non-hydrogen) atoms. The molecule has 0 heterocycles. The number of carboxylic acids is 1. The Kier molecular flexibility index (Phi) is 8.62. The average molecular weight is 400 g/mol. The maximum atomic E-state index is 12.6. The lowest BCUT2D eigenvalue weighted by molar-refractivity contribution is -0.178. The molecular weight excluding hydrogens is 371 g/mol. The van der Waals surface area contributed by atoms with Gasteiger partial charge in [-0.3, -0.25) is 24.7 Å². The fourth-order valence-corrected chi connectivity index (χ4v) is 4.67. The third kappa shape index (κ3) is 6.14. The number of hydrogen-bond donors (Lipinski definition) is 4. The van der Waals surface area contributed by atoms with Gasteiger partial charge in [-0.15, -0.1) is 0 Å². The lowest BCUT2D eigenvalue weighted by Crippen LogP contribution is -2.48. The van der Waals surface area contributed by atoms with Crippen molar-refractivity contribution in [1.82, 2.24) is 10.4 Å². The maximum absolute atomic E-state index is 12.6. The largest absolute Gasteiger partial charge is 0.481 e. The van der Waals surface area contributed by atoms with E-state index < -0.39 is 43.5 Å². The summed E-state index contributed by atoms with van der Waals surface area (Å²) in [7, 11) is -3.56. The fraction of sp³-hybridized carbons (Fsp3) is 0.556. The highest BCUT2D eigenvalue weighted by Gasteiger charge is 2.41. The lowest BCUT2D eigenvalue weighted by atomic mass is 10.0. The predicted molar refractivity (Wildman–Crippen MR) is 102 cm³/mol. The normalized spacial score (nSPS) is 16.8. The Morgan fingerprint density at radius 3 is 2.33 bits per heavy atom.